The fraction of sp³-hybridized carbons (Fsp3) is 0.417. The average molecular weight is 394 g/mol. The van der Waals surface area contributed by atoms with Crippen molar-refractivity contribution in [1.82, 2.24) is 5.32 Å². The average Bonchev–Trinajstić information content (AvgIpc) is 2.71. The van der Waals surface area contributed by atoms with Crippen LogP contribution in [-0.4, -0.2) is 24.9 Å². The maximum Gasteiger partial charge on any atom is 0.253 e. The summed E-state index contributed by atoms with van der Waals surface area (Å²) in [6, 6.07) is 14.1. The second-order valence-electron chi connectivity index (χ2n) is 8.42. The van der Waals surface area contributed by atoms with Crippen LogP contribution in [-0.2, 0) is 17.8 Å². The molecule has 0 bridgehead atoms. The van der Waals surface area contributed by atoms with E-state index in [4.69, 9.17) is 0 Å². The van der Waals surface area contributed by atoms with E-state index in [1.165, 1.54) is 11.1 Å². The summed E-state index contributed by atoms with van der Waals surface area (Å²) >= 11 is 0. The van der Waals surface area contributed by atoms with Crippen molar-refractivity contribution in [3.8, 4) is 0 Å². The third-order valence-corrected chi connectivity index (χ3v) is 5.18. The molecule has 154 valence electrons. The highest BCUT2D eigenvalue weighted by atomic mass is 16.2. The molecule has 0 saturated heterocycles. The standard InChI is InChI=1S/C24H31N3O2/c1-16(2)14-25-24(29)21-13-20(26-23(28)17(3)4)9-10-22(21)27-12-11-18-7-5-6-8-19(18)15-27/h5-10,13,16-17H,11-12,14-15H2,1-4H3,(H,25,29)(H,26,28). The van der Waals surface area contributed by atoms with E-state index >= 15 is 0 Å². The molecule has 0 radical (unpaired) electrons. The highest BCUT2D eigenvalue weighted by molar-refractivity contribution is 6.02. The Kier molecular flexibility index (Phi) is 6.57. The van der Waals surface area contributed by atoms with Crippen LogP contribution in [0.1, 0.15) is 49.2 Å². The van der Waals surface area contributed by atoms with E-state index in [2.05, 4.69) is 53.6 Å². The summed E-state index contributed by atoms with van der Waals surface area (Å²) in [5, 5.41) is 5.93. The fourth-order valence-corrected chi connectivity index (χ4v) is 3.45. The molecule has 5 heteroatoms. The Labute approximate surface area is 173 Å². The Morgan fingerprint density at radius 3 is 2.45 bits per heavy atom. The number of fused-ring (bicyclic) bond motifs is 1. The van der Waals surface area contributed by atoms with Gasteiger partial charge in [0.15, 0.2) is 0 Å². The number of nitrogens with one attached hydrogen (secondary N) is 2. The highest BCUT2D eigenvalue weighted by Gasteiger charge is 2.22. The van der Waals surface area contributed by atoms with Gasteiger partial charge in [0.1, 0.15) is 0 Å². The summed E-state index contributed by atoms with van der Waals surface area (Å²) in [6.45, 7) is 10.1. The lowest BCUT2D eigenvalue weighted by Crippen LogP contribution is -2.34. The predicted molar refractivity (Wildman–Crippen MR) is 118 cm³/mol. The first-order valence-corrected chi connectivity index (χ1v) is 10.4. The summed E-state index contributed by atoms with van der Waals surface area (Å²) in [4.78, 5) is 27.3. The first-order chi connectivity index (χ1) is 13.8. The van der Waals surface area contributed by atoms with E-state index < -0.39 is 0 Å². The quantitative estimate of drug-likeness (QED) is 0.772. The number of anilines is 2. The maximum atomic E-state index is 13.0. The van der Waals surface area contributed by atoms with Crippen LogP contribution in [0.25, 0.3) is 0 Å². The summed E-state index contributed by atoms with van der Waals surface area (Å²) in [7, 11) is 0. The molecule has 3 rings (SSSR count). The first kappa shape index (κ1) is 20.9. The molecule has 0 atom stereocenters. The van der Waals surface area contributed by atoms with Crippen LogP contribution >= 0.6 is 0 Å². The Hall–Kier alpha value is -2.82. The normalized spacial score (nSPS) is 13.4. The van der Waals surface area contributed by atoms with Crippen LogP contribution in [0.15, 0.2) is 42.5 Å². The molecule has 2 aromatic carbocycles. The lowest BCUT2D eigenvalue weighted by atomic mass is 9.98. The molecule has 1 aliphatic rings. The van der Waals surface area contributed by atoms with E-state index in [1.54, 1.807) is 6.07 Å². The molecule has 2 amide bonds. The van der Waals surface area contributed by atoms with E-state index in [9.17, 15) is 9.59 Å². The van der Waals surface area contributed by atoms with Gasteiger partial charge in [-0.05, 0) is 41.7 Å². The second kappa shape index (κ2) is 9.12. The lowest BCUT2D eigenvalue weighted by Gasteiger charge is -2.32. The van der Waals surface area contributed by atoms with Crippen molar-refractivity contribution in [3.05, 3.63) is 59.2 Å². The number of carbonyl (C=O) groups is 2. The van der Waals surface area contributed by atoms with Crippen molar-refractivity contribution in [3.63, 3.8) is 0 Å². The molecular weight excluding hydrogens is 362 g/mol. The van der Waals surface area contributed by atoms with Crippen molar-refractivity contribution in [1.29, 1.82) is 0 Å². The molecule has 0 aromatic heterocycles. The molecule has 0 saturated carbocycles. The smallest absolute Gasteiger partial charge is 0.253 e. The Balaban J connectivity index is 1.90. The van der Waals surface area contributed by atoms with Gasteiger partial charge in [-0.1, -0.05) is 52.0 Å². The van der Waals surface area contributed by atoms with Crippen molar-refractivity contribution in [2.75, 3.05) is 23.3 Å². The number of hydrogen-bond acceptors (Lipinski definition) is 3. The molecule has 2 aromatic rings. The van der Waals surface area contributed by atoms with Crippen LogP contribution in [0.3, 0.4) is 0 Å². The molecule has 1 heterocycles. The van der Waals surface area contributed by atoms with Crippen molar-refractivity contribution >= 4 is 23.2 Å². The number of rotatable bonds is 6. The van der Waals surface area contributed by atoms with Crippen LogP contribution in [0.5, 0.6) is 0 Å². The van der Waals surface area contributed by atoms with Crippen LogP contribution in [0.2, 0.25) is 0 Å². The van der Waals surface area contributed by atoms with Gasteiger partial charge < -0.3 is 15.5 Å². The molecule has 0 spiro atoms. The maximum absolute atomic E-state index is 13.0. The zero-order valence-electron chi connectivity index (χ0n) is 17.8. The zero-order valence-corrected chi connectivity index (χ0v) is 17.8. The number of nitrogens with zero attached hydrogens (tertiary/aromatic N) is 1. The van der Waals surface area contributed by atoms with Gasteiger partial charge in [-0.15, -0.1) is 0 Å². The Morgan fingerprint density at radius 1 is 1.03 bits per heavy atom. The minimum absolute atomic E-state index is 0.0572. The topological polar surface area (TPSA) is 61.4 Å². The summed E-state index contributed by atoms with van der Waals surface area (Å²) in [5.41, 5.74) is 4.83. The first-order valence-electron chi connectivity index (χ1n) is 10.4. The Bertz CT molecular complexity index is 889. The van der Waals surface area contributed by atoms with Gasteiger partial charge in [-0.3, -0.25) is 9.59 Å². The largest absolute Gasteiger partial charge is 0.366 e. The number of benzene rings is 2. The van der Waals surface area contributed by atoms with Crippen LogP contribution in [0, 0.1) is 11.8 Å². The Morgan fingerprint density at radius 2 is 1.76 bits per heavy atom. The third kappa shape index (κ3) is 5.17. The molecule has 2 N–H and O–H groups in total. The zero-order chi connectivity index (χ0) is 21.0. The number of carbonyl (C=O) groups excluding carboxylic acids is 2. The second-order valence-corrected chi connectivity index (χ2v) is 8.42. The monoisotopic (exact) mass is 393 g/mol. The molecule has 0 aliphatic carbocycles. The number of hydrogen-bond donors (Lipinski definition) is 2. The molecule has 5 nitrogen and oxygen atoms in total. The molecule has 0 unspecified atom stereocenters. The van der Waals surface area contributed by atoms with E-state index in [-0.39, 0.29) is 17.7 Å². The fourth-order valence-electron chi connectivity index (χ4n) is 3.45. The van der Waals surface area contributed by atoms with E-state index in [0.717, 1.165) is 25.2 Å². The summed E-state index contributed by atoms with van der Waals surface area (Å²) < 4.78 is 0. The van der Waals surface area contributed by atoms with Crippen LogP contribution in [0.4, 0.5) is 11.4 Å². The minimum Gasteiger partial charge on any atom is -0.366 e. The lowest BCUT2D eigenvalue weighted by molar-refractivity contribution is -0.118. The summed E-state index contributed by atoms with van der Waals surface area (Å²) in [5.74, 6) is 0.0889. The van der Waals surface area contributed by atoms with Crippen molar-refractivity contribution in [2.45, 2.75) is 40.7 Å². The van der Waals surface area contributed by atoms with Crippen molar-refractivity contribution < 1.29 is 9.59 Å². The SMILES string of the molecule is CC(C)CNC(=O)c1cc(NC(=O)C(C)C)ccc1N1CCc2ccccc2C1. The summed E-state index contributed by atoms with van der Waals surface area (Å²) in [6.07, 6.45) is 0.953. The molecule has 29 heavy (non-hydrogen) atoms. The highest BCUT2D eigenvalue weighted by Crippen LogP contribution is 2.29. The third-order valence-electron chi connectivity index (χ3n) is 5.18. The van der Waals surface area contributed by atoms with E-state index in [0.29, 0.717) is 23.7 Å². The predicted octanol–water partition coefficient (Wildman–Crippen LogP) is 4.23. The molecule has 0 fully saturated rings. The minimum atomic E-state index is -0.119. The van der Waals surface area contributed by atoms with Gasteiger partial charge in [0.2, 0.25) is 5.91 Å². The van der Waals surface area contributed by atoms with Gasteiger partial charge in [-0.25, -0.2) is 0 Å². The van der Waals surface area contributed by atoms with Gasteiger partial charge in [-0.2, -0.15) is 0 Å². The van der Waals surface area contributed by atoms with Crippen LogP contribution < -0.4 is 15.5 Å². The van der Waals surface area contributed by atoms with Gasteiger partial charge >= 0.3 is 0 Å². The molecule has 1 aliphatic heterocycles. The van der Waals surface area contributed by atoms with Gasteiger partial charge in [0.05, 0.1) is 5.56 Å². The number of amides is 2. The van der Waals surface area contributed by atoms with Gasteiger partial charge in [0.25, 0.3) is 5.91 Å². The van der Waals surface area contributed by atoms with E-state index in [1.807, 2.05) is 26.0 Å². The van der Waals surface area contributed by atoms with Crippen molar-refractivity contribution in [2.24, 2.45) is 11.8 Å². The van der Waals surface area contributed by atoms with Gasteiger partial charge in [0, 0.05) is 36.9 Å². The molecular formula is C24H31N3O2.